The van der Waals surface area contributed by atoms with Gasteiger partial charge >= 0.3 is 0 Å². The SMILES string of the molecule is CC1OOC2(C)OC(C)(O1)c1ccccc1C2(C)C. The molecule has 1 aromatic carbocycles. The Morgan fingerprint density at radius 1 is 1.00 bits per heavy atom. The second-order valence-electron chi connectivity index (χ2n) is 6.03. The van der Waals surface area contributed by atoms with E-state index >= 15 is 0 Å². The fourth-order valence-electron chi connectivity index (χ4n) is 2.93. The molecular weight excluding hydrogens is 244 g/mol. The Hall–Kier alpha value is -0.940. The van der Waals surface area contributed by atoms with E-state index in [1.54, 1.807) is 6.92 Å². The van der Waals surface area contributed by atoms with Crippen molar-refractivity contribution in [2.45, 2.75) is 57.9 Å². The maximum absolute atomic E-state index is 6.16. The molecule has 0 N–H and O–H groups in total. The smallest absolute Gasteiger partial charge is 0.211 e. The summed E-state index contributed by atoms with van der Waals surface area (Å²) in [6.07, 6.45) is -0.492. The van der Waals surface area contributed by atoms with Gasteiger partial charge in [-0.3, -0.25) is 0 Å². The molecule has 0 aliphatic carbocycles. The van der Waals surface area contributed by atoms with E-state index in [0.29, 0.717) is 0 Å². The van der Waals surface area contributed by atoms with E-state index in [0.717, 1.165) is 11.1 Å². The molecule has 19 heavy (non-hydrogen) atoms. The molecule has 1 aromatic rings. The highest BCUT2D eigenvalue weighted by atomic mass is 17.3. The molecule has 0 spiro atoms. The van der Waals surface area contributed by atoms with Crippen LogP contribution in [-0.2, 0) is 30.5 Å². The third kappa shape index (κ3) is 1.68. The van der Waals surface area contributed by atoms with E-state index < -0.39 is 17.9 Å². The van der Waals surface area contributed by atoms with Gasteiger partial charge in [0.15, 0.2) is 12.1 Å². The van der Waals surface area contributed by atoms with Crippen LogP contribution in [-0.4, -0.2) is 12.1 Å². The van der Waals surface area contributed by atoms with E-state index in [1.165, 1.54) is 0 Å². The van der Waals surface area contributed by atoms with Crippen LogP contribution in [0.25, 0.3) is 0 Å². The molecule has 3 atom stereocenters. The Labute approximate surface area is 113 Å². The highest BCUT2D eigenvalue weighted by Crippen LogP contribution is 2.53. The zero-order chi connectivity index (χ0) is 13.9. The first-order valence-corrected chi connectivity index (χ1v) is 6.61. The molecule has 2 bridgehead atoms. The Balaban J connectivity index is 2.26. The van der Waals surface area contributed by atoms with E-state index in [9.17, 15) is 0 Å². The summed E-state index contributed by atoms with van der Waals surface area (Å²) in [4.78, 5) is 10.9. The predicted octanol–water partition coefficient (Wildman–Crippen LogP) is 3.21. The van der Waals surface area contributed by atoms with Gasteiger partial charge in [0.1, 0.15) is 0 Å². The molecular formula is C15H20O4. The van der Waals surface area contributed by atoms with Crippen molar-refractivity contribution in [1.29, 1.82) is 0 Å². The molecule has 104 valence electrons. The van der Waals surface area contributed by atoms with Crippen molar-refractivity contribution in [3.63, 3.8) is 0 Å². The Morgan fingerprint density at radius 3 is 2.32 bits per heavy atom. The summed E-state index contributed by atoms with van der Waals surface area (Å²) in [5.41, 5.74) is 1.83. The van der Waals surface area contributed by atoms with Crippen molar-refractivity contribution in [3.8, 4) is 0 Å². The van der Waals surface area contributed by atoms with Gasteiger partial charge in [-0.1, -0.05) is 38.1 Å². The van der Waals surface area contributed by atoms with E-state index in [1.807, 2.05) is 32.0 Å². The minimum atomic E-state index is -0.902. The summed E-state index contributed by atoms with van der Waals surface area (Å²) < 4.78 is 12.1. The largest absolute Gasteiger partial charge is 0.314 e. The van der Waals surface area contributed by atoms with Crippen LogP contribution < -0.4 is 0 Å². The number of ether oxygens (including phenoxy) is 2. The highest BCUT2D eigenvalue weighted by Gasteiger charge is 2.59. The molecule has 0 aromatic heterocycles. The van der Waals surface area contributed by atoms with Crippen LogP contribution in [0.3, 0.4) is 0 Å². The zero-order valence-corrected chi connectivity index (χ0v) is 12.0. The normalized spacial score (nSPS) is 40.4. The van der Waals surface area contributed by atoms with Crippen molar-refractivity contribution in [2.75, 3.05) is 0 Å². The van der Waals surface area contributed by atoms with Gasteiger partial charge in [0.05, 0.1) is 0 Å². The monoisotopic (exact) mass is 264 g/mol. The van der Waals surface area contributed by atoms with E-state index in [-0.39, 0.29) is 5.41 Å². The lowest BCUT2D eigenvalue weighted by molar-refractivity contribution is -0.451. The third-order valence-electron chi connectivity index (χ3n) is 4.35. The van der Waals surface area contributed by atoms with Gasteiger partial charge in [0.2, 0.25) is 5.79 Å². The molecule has 0 amide bonds. The standard InChI is InChI=1S/C15H20O4/c1-10-16-14(4)12-9-7-6-8-11(12)13(2,3)15(5,18-14)19-17-10/h6-10H,1-5H3. The Morgan fingerprint density at radius 2 is 1.63 bits per heavy atom. The average Bonchev–Trinajstić information content (AvgIpc) is 2.45. The van der Waals surface area contributed by atoms with Crippen LogP contribution in [0.4, 0.5) is 0 Å². The molecule has 0 saturated carbocycles. The molecule has 2 heterocycles. The van der Waals surface area contributed by atoms with Crippen molar-refractivity contribution >= 4 is 0 Å². The van der Waals surface area contributed by atoms with Crippen molar-refractivity contribution in [3.05, 3.63) is 35.4 Å². The number of hydrogen-bond acceptors (Lipinski definition) is 4. The molecule has 2 aliphatic rings. The minimum absolute atomic E-state index is 0.351. The van der Waals surface area contributed by atoms with Gasteiger partial charge in [-0.25, -0.2) is 4.89 Å². The number of hydrogen-bond donors (Lipinski definition) is 0. The summed E-state index contributed by atoms with van der Waals surface area (Å²) in [7, 11) is 0. The summed E-state index contributed by atoms with van der Waals surface area (Å²) in [6, 6.07) is 8.15. The average molecular weight is 264 g/mol. The van der Waals surface area contributed by atoms with Crippen LogP contribution in [0.15, 0.2) is 24.3 Å². The van der Waals surface area contributed by atoms with E-state index in [4.69, 9.17) is 19.2 Å². The quantitative estimate of drug-likeness (QED) is 0.674. The fourth-order valence-corrected chi connectivity index (χ4v) is 2.93. The maximum Gasteiger partial charge on any atom is 0.211 e. The summed E-state index contributed by atoms with van der Waals surface area (Å²) in [5, 5.41) is 0. The molecule has 2 aliphatic heterocycles. The molecule has 4 heteroatoms. The first kappa shape index (κ1) is 13.1. The van der Waals surface area contributed by atoms with Crippen LogP contribution in [0.2, 0.25) is 0 Å². The van der Waals surface area contributed by atoms with Gasteiger partial charge in [0, 0.05) is 11.0 Å². The number of fused-ring (bicyclic) bond motifs is 4. The number of benzene rings is 1. The second-order valence-corrected chi connectivity index (χ2v) is 6.03. The van der Waals surface area contributed by atoms with Gasteiger partial charge in [-0.05, 0) is 26.3 Å². The van der Waals surface area contributed by atoms with E-state index in [2.05, 4.69) is 19.9 Å². The molecule has 1 fully saturated rings. The Kier molecular flexibility index (Phi) is 2.61. The lowest BCUT2D eigenvalue weighted by Gasteiger charge is -2.50. The van der Waals surface area contributed by atoms with Crippen LogP contribution in [0.5, 0.6) is 0 Å². The molecule has 3 rings (SSSR count). The Bertz CT molecular complexity index is 513. The molecule has 0 radical (unpaired) electrons. The van der Waals surface area contributed by atoms with Gasteiger partial charge < -0.3 is 9.47 Å². The molecule has 1 saturated heterocycles. The van der Waals surface area contributed by atoms with Gasteiger partial charge in [-0.15, -0.1) is 0 Å². The highest BCUT2D eigenvalue weighted by molar-refractivity contribution is 5.40. The van der Waals surface area contributed by atoms with Crippen LogP contribution in [0.1, 0.15) is 45.7 Å². The van der Waals surface area contributed by atoms with Gasteiger partial charge in [0.25, 0.3) is 0 Å². The first-order valence-electron chi connectivity index (χ1n) is 6.61. The molecule has 3 unspecified atom stereocenters. The second kappa shape index (κ2) is 3.79. The topological polar surface area (TPSA) is 36.9 Å². The van der Waals surface area contributed by atoms with Crippen LogP contribution in [0, 0.1) is 0 Å². The maximum atomic E-state index is 6.16. The summed E-state index contributed by atoms with van der Waals surface area (Å²) >= 11 is 0. The summed E-state index contributed by atoms with van der Waals surface area (Å²) in [6.45, 7) is 9.78. The zero-order valence-electron chi connectivity index (χ0n) is 12.0. The van der Waals surface area contributed by atoms with Crippen molar-refractivity contribution in [2.24, 2.45) is 0 Å². The fraction of sp³-hybridized carbons (Fsp3) is 0.600. The lowest BCUT2D eigenvalue weighted by Crippen LogP contribution is -2.57. The third-order valence-corrected chi connectivity index (χ3v) is 4.35. The van der Waals surface area contributed by atoms with Crippen LogP contribution >= 0.6 is 0 Å². The van der Waals surface area contributed by atoms with Crippen molar-refractivity contribution < 1.29 is 19.2 Å². The lowest BCUT2D eigenvalue weighted by atomic mass is 9.71. The number of rotatable bonds is 0. The predicted molar refractivity (Wildman–Crippen MR) is 69.0 cm³/mol. The van der Waals surface area contributed by atoms with Crippen molar-refractivity contribution in [1.82, 2.24) is 0 Å². The first-order chi connectivity index (χ1) is 8.79. The molecule has 4 nitrogen and oxygen atoms in total. The summed E-state index contributed by atoms with van der Waals surface area (Å²) in [5.74, 6) is -1.77. The van der Waals surface area contributed by atoms with Gasteiger partial charge in [-0.2, -0.15) is 4.89 Å². The minimum Gasteiger partial charge on any atom is -0.314 e.